The molecule has 1 rings (SSSR count). The van der Waals surface area contributed by atoms with E-state index in [2.05, 4.69) is 15.0 Å². The van der Waals surface area contributed by atoms with Crippen LogP contribution in [0.15, 0.2) is 16.9 Å². The van der Waals surface area contributed by atoms with E-state index in [4.69, 9.17) is 0 Å². The fraction of sp³-hybridized carbons (Fsp3) is 0.583. The third-order valence-electron chi connectivity index (χ3n) is 2.77. The molecule has 3 amide bonds. The highest BCUT2D eigenvalue weighted by molar-refractivity contribution is 5.93. The highest BCUT2D eigenvalue weighted by Crippen LogP contribution is 2.08. The fourth-order valence-corrected chi connectivity index (χ4v) is 1.50. The van der Waals surface area contributed by atoms with E-state index in [1.54, 1.807) is 20.2 Å². The molecule has 1 aromatic heterocycles. The van der Waals surface area contributed by atoms with E-state index in [0.29, 0.717) is 5.82 Å². The maximum atomic E-state index is 12.0. The molecule has 1 heterocycles. The minimum atomic E-state index is -0.301. The number of hydrogen-bond donors (Lipinski definition) is 1. The summed E-state index contributed by atoms with van der Waals surface area (Å²) in [6.45, 7) is 3.86. The Balaban J connectivity index is 2.66. The van der Waals surface area contributed by atoms with Gasteiger partial charge in [-0.2, -0.15) is 0 Å². The third-order valence-corrected chi connectivity index (χ3v) is 2.77. The molecule has 1 N–H and O–H groups in total. The minimum Gasteiger partial charge on any atom is -0.363 e. The number of hydrogen-bond acceptors (Lipinski definition) is 4. The molecule has 0 spiro atoms. The molecule has 1 atom stereocenters. The number of nitrogens with zero attached hydrogens (tertiary/aromatic N) is 3. The fourth-order valence-electron chi connectivity index (χ4n) is 1.50. The van der Waals surface area contributed by atoms with E-state index in [-0.39, 0.29) is 24.5 Å². The monoisotopic (exact) mass is 268 g/mol. The van der Waals surface area contributed by atoms with Crippen LogP contribution < -0.4 is 5.32 Å². The average molecular weight is 268 g/mol. The summed E-state index contributed by atoms with van der Waals surface area (Å²) in [4.78, 5) is 26.9. The molecule has 0 aliphatic rings. The Morgan fingerprint density at radius 3 is 2.63 bits per heavy atom. The molecular weight excluding hydrogens is 248 g/mol. The van der Waals surface area contributed by atoms with Crippen LogP contribution in [0.3, 0.4) is 0 Å². The van der Waals surface area contributed by atoms with E-state index >= 15 is 0 Å². The van der Waals surface area contributed by atoms with E-state index in [1.165, 1.54) is 16.1 Å². The van der Waals surface area contributed by atoms with E-state index in [1.807, 2.05) is 13.8 Å². The molecule has 7 nitrogen and oxygen atoms in total. The van der Waals surface area contributed by atoms with Gasteiger partial charge in [0.2, 0.25) is 5.91 Å². The molecular formula is C12H20N4O3. The van der Waals surface area contributed by atoms with Crippen LogP contribution in [0.4, 0.5) is 10.6 Å². The zero-order valence-electron chi connectivity index (χ0n) is 11.7. The van der Waals surface area contributed by atoms with Gasteiger partial charge in [0.15, 0.2) is 5.82 Å². The molecule has 0 bridgehead atoms. The molecule has 0 saturated heterocycles. The summed E-state index contributed by atoms with van der Waals surface area (Å²) >= 11 is 0. The molecule has 106 valence electrons. The Morgan fingerprint density at radius 1 is 1.47 bits per heavy atom. The topological polar surface area (TPSA) is 78.7 Å². The van der Waals surface area contributed by atoms with Crippen molar-refractivity contribution in [1.82, 2.24) is 15.0 Å². The van der Waals surface area contributed by atoms with Crippen LogP contribution in [0.1, 0.15) is 20.3 Å². The molecule has 0 radical (unpaired) electrons. The SMILES string of the molecule is CCC(C)N(CC(=O)Nc1ccon1)C(=O)N(C)C. The summed E-state index contributed by atoms with van der Waals surface area (Å²) in [5.41, 5.74) is 0. The number of nitrogens with one attached hydrogen (secondary N) is 1. The van der Waals surface area contributed by atoms with Crippen molar-refractivity contribution >= 4 is 17.8 Å². The van der Waals surface area contributed by atoms with Gasteiger partial charge in [0.25, 0.3) is 0 Å². The summed E-state index contributed by atoms with van der Waals surface area (Å²) in [7, 11) is 3.32. The van der Waals surface area contributed by atoms with Gasteiger partial charge in [-0.05, 0) is 13.3 Å². The predicted molar refractivity (Wildman–Crippen MR) is 70.7 cm³/mol. The van der Waals surface area contributed by atoms with Gasteiger partial charge in [-0.15, -0.1) is 0 Å². The zero-order chi connectivity index (χ0) is 14.4. The van der Waals surface area contributed by atoms with E-state index in [0.717, 1.165) is 6.42 Å². The lowest BCUT2D eigenvalue weighted by Crippen LogP contribution is -2.47. The molecule has 0 aliphatic carbocycles. The average Bonchev–Trinajstić information content (AvgIpc) is 2.86. The Morgan fingerprint density at radius 2 is 2.16 bits per heavy atom. The van der Waals surface area contributed by atoms with Gasteiger partial charge < -0.3 is 19.6 Å². The van der Waals surface area contributed by atoms with Crippen LogP contribution in [0.5, 0.6) is 0 Å². The van der Waals surface area contributed by atoms with Crippen molar-refractivity contribution in [3.05, 3.63) is 12.3 Å². The van der Waals surface area contributed by atoms with Crippen LogP contribution in [-0.4, -0.2) is 53.6 Å². The zero-order valence-corrected chi connectivity index (χ0v) is 11.7. The Labute approximate surface area is 112 Å². The Hall–Kier alpha value is -2.05. The molecule has 1 unspecified atom stereocenters. The second-order valence-corrected chi connectivity index (χ2v) is 4.50. The molecule has 1 aromatic rings. The first-order valence-electron chi connectivity index (χ1n) is 6.13. The van der Waals surface area contributed by atoms with Gasteiger partial charge in [0.1, 0.15) is 12.8 Å². The largest absolute Gasteiger partial charge is 0.363 e. The summed E-state index contributed by atoms with van der Waals surface area (Å²) in [5.74, 6) is 0.0378. The van der Waals surface area contributed by atoms with Gasteiger partial charge in [-0.3, -0.25) is 4.79 Å². The third kappa shape index (κ3) is 4.27. The van der Waals surface area contributed by atoms with Crippen LogP contribution >= 0.6 is 0 Å². The van der Waals surface area contributed by atoms with Gasteiger partial charge in [0, 0.05) is 26.2 Å². The first-order chi connectivity index (χ1) is 8.95. The minimum absolute atomic E-state index is 0.0150. The van der Waals surface area contributed by atoms with Crippen molar-refractivity contribution in [3.8, 4) is 0 Å². The quantitative estimate of drug-likeness (QED) is 0.875. The van der Waals surface area contributed by atoms with Crippen molar-refractivity contribution in [2.45, 2.75) is 26.3 Å². The number of amides is 3. The number of carbonyl (C=O) groups is 2. The Kier molecular flexibility index (Phi) is 5.35. The Bertz CT molecular complexity index is 417. The normalized spacial score (nSPS) is 11.8. The van der Waals surface area contributed by atoms with Crippen molar-refractivity contribution in [2.75, 3.05) is 26.0 Å². The molecule has 0 aromatic carbocycles. The standard InChI is InChI=1S/C12H20N4O3/c1-5-9(2)16(12(18)15(3)4)8-11(17)13-10-6-7-19-14-10/h6-7,9H,5,8H2,1-4H3,(H,13,14,17). The van der Waals surface area contributed by atoms with Crippen LogP contribution in [0.2, 0.25) is 0 Å². The number of urea groups is 1. The molecule has 0 aliphatic heterocycles. The first kappa shape index (κ1) is 15.0. The van der Waals surface area contributed by atoms with Crippen molar-refractivity contribution < 1.29 is 14.1 Å². The molecule has 19 heavy (non-hydrogen) atoms. The first-order valence-corrected chi connectivity index (χ1v) is 6.13. The van der Waals surface area contributed by atoms with Crippen molar-refractivity contribution in [2.24, 2.45) is 0 Å². The number of rotatable bonds is 5. The second-order valence-electron chi connectivity index (χ2n) is 4.50. The van der Waals surface area contributed by atoms with E-state index in [9.17, 15) is 9.59 Å². The summed E-state index contributed by atoms with van der Waals surface area (Å²) in [5, 5.41) is 6.16. The van der Waals surface area contributed by atoms with Crippen LogP contribution in [0, 0.1) is 0 Å². The second kappa shape index (κ2) is 6.77. The summed E-state index contributed by atoms with van der Waals surface area (Å²) in [6.07, 6.45) is 2.14. The molecule has 0 saturated carbocycles. The number of carbonyl (C=O) groups excluding carboxylic acids is 2. The maximum Gasteiger partial charge on any atom is 0.320 e. The van der Waals surface area contributed by atoms with Gasteiger partial charge in [0.05, 0.1) is 0 Å². The number of anilines is 1. The maximum absolute atomic E-state index is 12.0. The smallest absolute Gasteiger partial charge is 0.320 e. The van der Waals surface area contributed by atoms with Crippen LogP contribution in [-0.2, 0) is 4.79 Å². The van der Waals surface area contributed by atoms with Crippen LogP contribution in [0.25, 0.3) is 0 Å². The highest BCUT2D eigenvalue weighted by Gasteiger charge is 2.23. The predicted octanol–water partition coefficient (Wildman–Crippen LogP) is 1.40. The van der Waals surface area contributed by atoms with Gasteiger partial charge >= 0.3 is 6.03 Å². The van der Waals surface area contributed by atoms with Gasteiger partial charge in [-0.1, -0.05) is 12.1 Å². The number of aromatic nitrogens is 1. The highest BCUT2D eigenvalue weighted by atomic mass is 16.5. The lowest BCUT2D eigenvalue weighted by molar-refractivity contribution is -0.117. The van der Waals surface area contributed by atoms with Crippen molar-refractivity contribution in [3.63, 3.8) is 0 Å². The van der Waals surface area contributed by atoms with Crippen molar-refractivity contribution in [1.29, 1.82) is 0 Å². The lowest BCUT2D eigenvalue weighted by atomic mass is 10.2. The van der Waals surface area contributed by atoms with Gasteiger partial charge in [-0.25, -0.2) is 4.79 Å². The lowest BCUT2D eigenvalue weighted by Gasteiger charge is -2.30. The summed E-state index contributed by atoms with van der Waals surface area (Å²) < 4.78 is 4.62. The molecule has 0 fully saturated rings. The summed E-state index contributed by atoms with van der Waals surface area (Å²) in [6, 6.07) is 1.34. The van der Waals surface area contributed by atoms with E-state index < -0.39 is 0 Å². The molecule has 7 heteroatoms.